The first-order valence-electron chi connectivity index (χ1n) is 15.6. The van der Waals surface area contributed by atoms with Gasteiger partial charge in [0.2, 0.25) is 0 Å². The molecule has 2 heterocycles. The Morgan fingerprint density at radius 3 is 2.44 bits per heavy atom. The van der Waals surface area contributed by atoms with Gasteiger partial charge in [-0.15, -0.1) is 0 Å². The van der Waals surface area contributed by atoms with E-state index < -0.39 is 53.9 Å². The Labute approximate surface area is 256 Å². The summed E-state index contributed by atoms with van der Waals surface area (Å²) in [6, 6.07) is 1.20. The molecular formula is C34H54O9. The average molecular weight is 607 g/mol. The van der Waals surface area contributed by atoms with E-state index in [1.165, 1.54) is 43.7 Å². The van der Waals surface area contributed by atoms with Crippen molar-refractivity contribution in [2.75, 3.05) is 13.2 Å². The number of aliphatic hydroxyl groups is 5. The van der Waals surface area contributed by atoms with E-state index >= 15 is 0 Å². The van der Waals surface area contributed by atoms with Crippen molar-refractivity contribution in [1.29, 1.82) is 0 Å². The van der Waals surface area contributed by atoms with Gasteiger partial charge in [0, 0.05) is 18.4 Å². The quantitative estimate of drug-likeness (QED) is 0.0899. The van der Waals surface area contributed by atoms with Crippen molar-refractivity contribution in [3.05, 3.63) is 63.3 Å². The zero-order valence-corrected chi connectivity index (χ0v) is 26.7. The van der Waals surface area contributed by atoms with Crippen molar-refractivity contribution in [3.63, 3.8) is 0 Å². The second-order valence-electron chi connectivity index (χ2n) is 12.8. The monoisotopic (exact) mass is 606 g/mol. The molecule has 0 bridgehead atoms. The standard InChI is InChI=1S/C34H54O9/c1-7-8-9-10-11-21(2)14-23(4)16-24(19-35)15-22(3)12-13-28(39)34(5,6)29-18-26(37)30(33(41)43-29)32-31(40)27(38)17-25(20-36)42-32/h12-13,15-16,18,21,24-25,27-28,31-32,35-40H,7-11,14,17,19-20H2,1-6H3/b13-12+,22-15+,23-16-. The number of hydrogen-bond acceptors (Lipinski definition) is 9. The highest BCUT2D eigenvalue weighted by atomic mass is 16.5. The molecule has 43 heavy (non-hydrogen) atoms. The van der Waals surface area contributed by atoms with Crippen molar-refractivity contribution < 1.29 is 39.8 Å². The van der Waals surface area contributed by atoms with Gasteiger partial charge in [-0.2, -0.15) is 0 Å². The van der Waals surface area contributed by atoms with Crippen LogP contribution in [0.4, 0.5) is 0 Å². The van der Waals surface area contributed by atoms with Gasteiger partial charge in [0.05, 0.1) is 36.9 Å². The molecule has 9 nitrogen and oxygen atoms in total. The van der Waals surface area contributed by atoms with E-state index in [4.69, 9.17) is 9.15 Å². The van der Waals surface area contributed by atoms with E-state index in [-0.39, 0.29) is 30.3 Å². The van der Waals surface area contributed by atoms with Crippen LogP contribution in [0.15, 0.2) is 50.7 Å². The predicted molar refractivity (Wildman–Crippen MR) is 167 cm³/mol. The Morgan fingerprint density at radius 2 is 1.84 bits per heavy atom. The molecule has 1 fully saturated rings. The van der Waals surface area contributed by atoms with Crippen molar-refractivity contribution >= 4 is 0 Å². The van der Waals surface area contributed by atoms with Crippen molar-refractivity contribution in [2.45, 2.75) is 122 Å². The smallest absolute Gasteiger partial charge is 0.345 e. The summed E-state index contributed by atoms with van der Waals surface area (Å²) in [7, 11) is 0. The summed E-state index contributed by atoms with van der Waals surface area (Å²) in [6.07, 6.45) is 8.44. The molecule has 6 N–H and O–H groups in total. The zero-order chi connectivity index (χ0) is 32.3. The van der Waals surface area contributed by atoms with E-state index in [2.05, 4.69) is 26.8 Å². The second kappa shape index (κ2) is 17.3. The van der Waals surface area contributed by atoms with E-state index in [0.717, 1.165) is 12.0 Å². The van der Waals surface area contributed by atoms with Crippen LogP contribution in [0.1, 0.15) is 104 Å². The first-order valence-corrected chi connectivity index (χ1v) is 15.6. The van der Waals surface area contributed by atoms with Gasteiger partial charge in [-0.05, 0) is 40.0 Å². The third-order valence-electron chi connectivity index (χ3n) is 8.33. The van der Waals surface area contributed by atoms with Gasteiger partial charge in [-0.25, -0.2) is 4.79 Å². The minimum atomic E-state index is -1.50. The van der Waals surface area contributed by atoms with Crippen LogP contribution < -0.4 is 5.63 Å². The maximum atomic E-state index is 12.9. The molecule has 0 aliphatic carbocycles. The number of ether oxygens (including phenoxy) is 1. The summed E-state index contributed by atoms with van der Waals surface area (Å²) in [4.78, 5) is 12.9. The Balaban J connectivity index is 2.14. The molecule has 7 unspecified atom stereocenters. The molecule has 2 rings (SSSR count). The molecule has 0 saturated carbocycles. The van der Waals surface area contributed by atoms with Gasteiger partial charge in [-0.1, -0.05) is 81.4 Å². The van der Waals surface area contributed by atoms with Gasteiger partial charge in [0.1, 0.15) is 29.3 Å². The number of hydrogen-bond donors (Lipinski definition) is 6. The average Bonchev–Trinajstić information content (AvgIpc) is 2.95. The SMILES string of the molecule is CCCCCCC(C)C/C(C)=C\C(/C=C(C)/C=C/C(O)C(C)(C)c1cc(O)c(C2OC(CO)CC(O)C2O)c(=O)o1)CO. The van der Waals surface area contributed by atoms with E-state index in [1.54, 1.807) is 26.0 Å². The van der Waals surface area contributed by atoms with Gasteiger partial charge >= 0.3 is 5.63 Å². The van der Waals surface area contributed by atoms with E-state index in [9.17, 15) is 35.4 Å². The maximum Gasteiger partial charge on any atom is 0.345 e. The molecule has 1 aliphatic rings. The lowest BCUT2D eigenvalue weighted by Crippen LogP contribution is -2.46. The Morgan fingerprint density at radius 1 is 1.14 bits per heavy atom. The fourth-order valence-electron chi connectivity index (χ4n) is 5.56. The summed E-state index contributed by atoms with van der Waals surface area (Å²) in [6.45, 7) is 11.3. The van der Waals surface area contributed by atoms with Crippen LogP contribution in [0.5, 0.6) is 5.75 Å². The molecule has 0 radical (unpaired) electrons. The number of aliphatic hydroxyl groups excluding tert-OH is 5. The molecular weight excluding hydrogens is 552 g/mol. The minimum Gasteiger partial charge on any atom is -0.507 e. The van der Waals surface area contributed by atoms with Crippen LogP contribution in [0, 0.1) is 11.8 Å². The number of allylic oxidation sites excluding steroid dienone is 3. The lowest BCUT2D eigenvalue weighted by atomic mass is 9.82. The minimum absolute atomic E-state index is 0.0118. The van der Waals surface area contributed by atoms with Gasteiger partial charge in [-0.3, -0.25) is 0 Å². The molecule has 1 saturated heterocycles. The molecule has 7 atom stereocenters. The third-order valence-corrected chi connectivity index (χ3v) is 8.33. The van der Waals surface area contributed by atoms with Crippen molar-refractivity contribution in [1.82, 2.24) is 0 Å². The predicted octanol–water partition coefficient (Wildman–Crippen LogP) is 4.58. The normalized spacial score (nSPS) is 24.3. The first-order chi connectivity index (χ1) is 20.2. The van der Waals surface area contributed by atoms with Gasteiger partial charge in [0.15, 0.2) is 0 Å². The lowest BCUT2D eigenvalue weighted by molar-refractivity contribution is -0.180. The van der Waals surface area contributed by atoms with Crippen LogP contribution in [0.3, 0.4) is 0 Å². The van der Waals surface area contributed by atoms with Crippen LogP contribution in [-0.4, -0.2) is 68.3 Å². The van der Waals surface area contributed by atoms with Crippen molar-refractivity contribution in [3.8, 4) is 5.75 Å². The van der Waals surface area contributed by atoms with Crippen LogP contribution in [0.25, 0.3) is 0 Å². The zero-order valence-electron chi connectivity index (χ0n) is 26.7. The first kappa shape index (κ1) is 36.9. The number of rotatable bonds is 16. The topological polar surface area (TPSA) is 161 Å². The highest BCUT2D eigenvalue weighted by Gasteiger charge is 2.41. The third kappa shape index (κ3) is 10.7. The van der Waals surface area contributed by atoms with E-state index in [1.807, 2.05) is 13.0 Å². The molecule has 0 aromatic carbocycles. The van der Waals surface area contributed by atoms with Crippen LogP contribution in [-0.2, 0) is 10.2 Å². The summed E-state index contributed by atoms with van der Waals surface area (Å²) < 4.78 is 11.0. The number of aromatic hydroxyl groups is 1. The lowest BCUT2D eigenvalue weighted by Gasteiger charge is -2.36. The largest absolute Gasteiger partial charge is 0.507 e. The van der Waals surface area contributed by atoms with Crippen LogP contribution in [0.2, 0.25) is 0 Å². The highest BCUT2D eigenvalue weighted by molar-refractivity contribution is 5.36. The Bertz CT molecular complexity index is 1150. The molecule has 1 aromatic rings. The van der Waals surface area contributed by atoms with Crippen LogP contribution >= 0.6 is 0 Å². The Hall–Kier alpha value is -2.27. The summed E-state index contributed by atoms with van der Waals surface area (Å²) in [5.74, 6) is -0.0686. The fourth-order valence-corrected chi connectivity index (χ4v) is 5.56. The van der Waals surface area contributed by atoms with Gasteiger partial charge in [0.25, 0.3) is 0 Å². The second-order valence-corrected chi connectivity index (χ2v) is 12.8. The molecule has 1 aromatic heterocycles. The molecule has 0 amide bonds. The van der Waals surface area contributed by atoms with Crippen molar-refractivity contribution in [2.24, 2.45) is 11.8 Å². The molecule has 244 valence electrons. The molecule has 0 spiro atoms. The summed E-state index contributed by atoms with van der Waals surface area (Å²) >= 11 is 0. The summed E-state index contributed by atoms with van der Waals surface area (Å²) in [5, 5.41) is 61.7. The fraction of sp³-hybridized carbons (Fsp3) is 0.676. The maximum absolute atomic E-state index is 12.9. The molecule has 9 heteroatoms. The number of unbranched alkanes of at least 4 members (excludes halogenated alkanes) is 3. The Kier molecular flexibility index (Phi) is 14.8. The van der Waals surface area contributed by atoms with E-state index in [0.29, 0.717) is 5.92 Å². The highest BCUT2D eigenvalue weighted by Crippen LogP contribution is 2.37. The molecule has 1 aliphatic heterocycles. The van der Waals surface area contributed by atoms with Gasteiger partial charge < -0.3 is 39.8 Å². The summed E-state index contributed by atoms with van der Waals surface area (Å²) in [5.41, 5.74) is -0.399.